The second-order valence-corrected chi connectivity index (χ2v) is 13.2. The molecular weight excluding hydrogens is 482 g/mol. The number of hydrogen-bond acceptors (Lipinski definition) is 7. The highest BCUT2D eigenvalue weighted by atomic mass is 32.2. The molecule has 2 saturated heterocycles. The number of carbonyl (C=O) groups excluding carboxylic acids is 2. The van der Waals surface area contributed by atoms with E-state index in [1.165, 1.54) is 4.31 Å². The molecule has 0 aromatic heterocycles. The minimum absolute atomic E-state index is 0.0322. The van der Waals surface area contributed by atoms with Gasteiger partial charge in [-0.2, -0.15) is 4.31 Å². The van der Waals surface area contributed by atoms with E-state index in [1.54, 1.807) is 29.2 Å². The molecule has 1 amide bonds. The fourth-order valence-electron chi connectivity index (χ4n) is 6.64. The number of cyclic esters (lactones) is 1. The zero-order chi connectivity index (χ0) is 25.9. The highest BCUT2D eigenvalue weighted by Crippen LogP contribution is 2.64. The maximum atomic E-state index is 13.4. The van der Waals surface area contributed by atoms with Gasteiger partial charge in [-0.05, 0) is 48.4 Å². The number of rotatable bonds is 7. The Morgan fingerprint density at radius 2 is 1.81 bits per heavy atom. The first-order valence-electron chi connectivity index (χ1n) is 12.6. The van der Waals surface area contributed by atoms with Gasteiger partial charge < -0.3 is 10.5 Å². The van der Waals surface area contributed by atoms with E-state index in [0.717, 1.165) is 6.42 Å². The van der Waals surface area contributed by atoms with E-state index in [-0.39, 0.29) is 34.8 Å². The Morgan fingerprint density at radius 3 is 2.36 bits per heavy atom. The molecule has 2 saturated carbocycles. The smallest absolute Gasteiger partial charge is 0.414 e. The van der Waals surface area contributed by atoms with Crippen molar-refractivity contribution in [3.63, 3.8) is 0 Å². The van der Waals surface area contributed by atoms with Crippen LogP contribution in [0.5, 0.6) is 0 Å². The molecule has 2 aliphatic carbocycles. The maximum absolute atomic E-state index is 13.4. The Kier molecular flexibility index (Phi) is 6.16. The summed E-state index contributed by atoms with van der Waals surface area (Å²) in [5.41, 5.74) is 5.74. The lowest BCUT2D eigenvalue weighted by Crippen LogP contribution is -2.53. The quantitative estimate of drug-likeness (QED) is 0.414. The number of nitrogen functional groups attached to an aromatic ring is 1. The molecule has 0 spiro atoms. The number of hydrogen-bond donors (Lipinski definition) is 2. The highest BCUT2D eigenvalue weighted by Gasteiger charge is 2.65. The molecule has 2 bridgehead atoms. The molecule has 11 heteroatoms. The first kappa shape index (κ1) is 25.2. The van der Waals surface area contributed by atoms with Crippen LogP contribution in [0.4, 0.5) is 10.5 Å². The summed E-state index contributed by atoms with van der Waals surface area (Å²) in [5, 5.41) is 7.50. The molecule has 2 unspecified atom stereocenters. The summed E-state index contributed by atoms with van der Waals surface area (Å²) in [6, 6.07) is 6.88. The fraction of sp³-hybridized carbons (Fsp3) is 0.640. The molecule has 5 rings (SSSR count). The van der Waals surface area contributed by atoms with E-state index < -0.39 is 21.5 Å². The van der Waals surface area contributed by atoms with Crippen LogP contribution < -0.4 is 10.6 Å². The molecule has 1 aromatic rings. The number of ketones is 1. The molecule has 1 aromatic carbocycles. The molecule has 36 heavy (non-hydrogen) atoms. The van der Waals surface area contributed by atoms with Crippen LogP contribution in [0.1, 0.15) is 38.7 Å². The van der Waals surface area contributed by atoms with Crippen molar-refractivity contribution in [2.45, 2.75) is 39.2 Å². The summed E-state index contributed by atoms with van der Waals surface area (Å²) in [6.45, 7) is 6.89. The Balaban J connectivity index is 1.16. The van der Waals surface area contributed by atoms with E-state index in [1.807, 2.05) is 0 Å². The molecule has 2 heterocycles. The summed E-state index contributed by atoms with van der Waals surface area (Å²) in [7, 11) is -3.56. The van der Waals surface area contributed by atoms with Gasteiger partial charge in [0.05, 0.1) is 12.3 Å². The van der Waals surface area contributed by atoms with E-state index in [2.05, 4.69) is 18.7 Å². The normalized spacial score (nSPS) is 30.7. The zero-order valence-electron chi connectivity index (χ0n) is 20.9. The number of nitrogens with zero attached hydrogens (tertiary/aromatic N) is 3. The largest absolute Gasteiger partial charge is 0.443 e. The molecule has 2 aliphatic heterocycles. The van der Waals surface area contributed by atoms with Crippen LogP contribution in [0.15, 0.2) is 24.3 Å². The summed E-state index contributed by atoms with van der Waals surface area (Å²) >= 11 is 0. The Bertz CT molecular complexity index is 1180. The molecule has 3 atom stereocenters. The predicted molar refractivity (Wildman–Crippen MR) is 135 cm³/mol. The van der Waals surface area contributed by atoms with Crippen molar-refractivity contribution in [3.05, 3.63) is 29.8 Å². The van der Waals surface area contributed by atoms with Crippen molar-refractivity contribution in [3.8, 4) is 0 Å². The molecule has 3 N–H and O–H groups in total. The van der Waals surface area contributed by atoms with Crippen molar-refractivity contribution >= 4 is 33.4 Å². The van der Waals surface area contributed by atoms with E-state index in [0.29, 0.717) is 63.4 Å². The topological polar surface area (TPSA) is 137 Å². The number of carbonyl (C=O) groups is 2. The van der Waals surface area contributed by atoms with Crippen LogP contribution in [0.3, 0.4) is 0 Å². The first-order chi connectivity index (χ1) is 16.9. The number of nitrogens with two attached hydrogens (primary N) is 1. The number of benzene rings is 1. The molecule has 0 radical (unpaired) electrons. The number of fused-ring (bicyclic) bond motifs is 2. The number of nitrogens with one attached hydrogen (secondary N) is 1. The minimum Gasteiger partial charge on any atom is -0.443 e. The summed E-state index contributed by atoms with van der Waals surface area (Å²) in [5.74, 6) is 0.294. The van der Waals surface area contributed by atoms with Crippen LogP contribution in [-0.2, 0) is 19.6 Å². The number of amides is 1. The number of anilines is 1. The third kappa shape index (κ3) is 4.10. The van der Waals surface area contributed by atoms with Crippen molar-refractivity contribution in [1.82, 2.24) is 9.21 Å². The van der Waals surface area contributed by atoms with Crippen LogP contribution in [-0.4, -0.2) is 86.5 Å². The SMILES string of the molecule is CC1(C)C2CC[C@]1(CS(=O)(=O)N1CCN(CC3CN(c4ccc(C(=N)N)cc4)C(=O)O3)CC1)C(=O)C2. The summed E-state index contributed by atoms with van der Waals surface area (Å²) in [6.07, 6.45) is 1.37. The first-order valence-corrected chi connectivity index (χ1v) is 14.2. The number of Topliss-reactive ketones (excluding diaryl/α,β-unsaturated/α-hetero) is 1. The minimum atomic E-state index is -3.56. The van der Waals surface area contributed by atoms with Crippen molar-refractivity contribution in [1.29, 1.82) is 5.41 Å². The fourth-order valence-corrected chi connectivity index (χ4v) is 8.84. The lowest BCUT2D eigenvalue weighted by molar-refractivity contribution is -0.128. The standard InChI is InChI=1S/C25H35N5O5S/c1-24(2)18-7-8-25(24,21(31)13-18)16-36(33,34)29-11-9-28(10-12-29)14-20-15-30(23(32)35-20)19-5-3-17(4-6-19)22(26)27/h3-6,18,20H,7-16H2,1-2H3,(H3,26,27)/t18?,20?,25-/m0/s1. The van der Waals surface area contributed by atoms with Gasteiger partial charge in [-0.15, -0.1) is 0 Å². The number of piperazine rings is 1. The van der Waals surface area contributed by atoms with Gasteiger partial charge in [0.1, 0.15) is 17.7 Å². The monoisotopic (exact) mass is 517 g/mol. The van der Waals surface area contributed by atoms with Gasteiger partial charge in [0.15, 0.2) is 0 Å². The van der Waals surface area contributed by atoms with Gasteiger partial charge in [0.2, 0.25) is 10.0 Å². The number of amidine groups is 1. The van der Waals surface area contributed by atoms with Gasteiger partial charge >= 0.3 is 6.09 Å². The van der Waals surface area contributed by atoms with Crippen LogP contribution in [0.25, 0.3) is 0 Å². The lowest BCUT2D eigenvalue weighted by atomic mass is 9.70. The van der Waals surface area contributed by atoms with Gasteiger partial charge in [-0.3, -0.25) is 20.0 Å². The summed E-state index contributed by atoms with van der Waals surface area (Å²) < 4.78 is 33.9. The van der Waals surface area contributed by atoms with E-state index in [9.17, 15) is 18.0 Å². The number of ether oxygens (including phenoxy) is 1. The molecule has 196 valence electrons. The van der Waals surface area contributed by atoms with Crippen molar-refractivity contribution in [2.75, 3.05) is 49.9 Å². The third-order valence-electron chi connectivity index (χ3n) is 9.12. The maximum Gasteiger partial charge on any atom is 0.414 e. The second-order valence-electron chi connectivity index (χ2n) is 11.2. The summed E-state index contributed by atoms with van der Waals surface area (Å²) in [4.78, 5) is 29.0. The van der Waals surface area contributed by atoms with Gasteiger partial charge in [0, 0.05) is 55.8 Å². The molecule has 4 fully saturated rings. The van der Waals surface area contributed by atoms with E-state index >= 15 is 0 Å². The number of sulfonamides is 1. The average molecular weight is 518 g/mol. The molecule has 4 aliphatic rings. The van der Waals surface area contributed by atoms with E-state index in [4.69, 9.17) is 15.9 Å². The van der Waals surface area contributed by atoms with Crippen LogP contribution >= 0.6 is 0 Å². The van der Waals surface area contributed by atoms with Gasteiger partial charge in [0.25, 0.3) is 0 Å². The van der Waals surface area contributed by atoms with Crippen molar-refractivity contribution in [2.24, 2.45) is 22.5 Å². The average Bonchev–Trinajstić information content (AvgIpc) is 3.36. The Hall–Kier alpha value is -2.50. The predicted octanol–water partition coefficient (Wildman–Crippen LogP) is 1.64. The lowest BCUT2D eigenvalue weighted by Gasteiger charge is -2.40. The molecule has 10 nitrogen and oxygen atoms in total. The third-order valence-corrected chi connectivity index (χ3v) is 11.1. The van der Waals surface area contributed by atoms with Gasteiger partial charge in [-0.1, -0.05) is 13.8 Å². The Morgan fingerprint density at radius 1 is 1.14 bits per heavy atom. The van der Waals surface area contributed by atoms with Crippen LogP contribution in [0.2, 0.25) is 0 Å². The van der Waals surface area contributed by atoms with Crippen LogP contribution in [0, 0.1) is 22.2 Å². The second kappa shape index (κ2) is 8.81. The molecular formula is C25H35N5O5S. The zero-order valence-corrected chi connectivity index (χ0v) is 21.7. The Labute approximate surface area is 212 Å². The van der Waals surface area contributed by atoms with Gasteiger partial charge in [-0.25, -0.2) is 13.2 Å². The van der Waals surface area contributed by atoms with Crippen molar-refractivity contribution < 1.29 is 22.7 Å². The highest BCUT2D eigenvalue weighted by molar-refractivity contribution is 7.89.